The van der Waals surface area contributed by atoms with Crippen LogP contribution in [0.1, 0.15) is 41.0 Å². The van der Waals surface area contributed by atoms with Crippen LogP contribution in [0.4, 0.5) is 0 Å². The fraction of sp³-hybridized carbons (Fsp3) is 0.263. The van der Waals surface area contributed by atoms with Gasteiger partial charge in [-0.1, -0.05) is 6.92 Å². The lowest BCUT2D eigenvalue weighted by atomic mass is 9.94. The summed E-state index contributed by atoms with van der Waals surface area (Å²) in [6.07, 6.45) is 0.666. The quantitative estimate of drug-likeness (QED) is 0.779. The highest BCUT2D eigenvalue weighted by Gasteiger charge is 2.21. The summed E-state index contributed by atoms with van der Waals surface area (Å²) in [5, 5.41) is 19.6. The van der Waals surface area contributed by atoms with Crippen molar-refractivity contribution in [2.24, 2.45) is 0 Å². The van der Waals surface area contributed by atoms with E-state index >= 15 is 0 Å². The second-order valence-corrected chi connectivity index (χ2v) is 5.32. The van der Waals surface area contributed by atoms with Crippen molar-refractivity contribution in [3.8, 4) is 22.6 Å². The molecule has 0 aromatic heterocycles. The molecule has 0 bridgehead atoms. The van der Waals surface area contributed by atoms with Crippen LogP contribution in [0, 0.1) is 0 Å². The average Bonchev–Trinajstić information content (AvgIpc) is 2.59. The molecule has 25 heavy (non-hydrogen) atoms. The van der Waals surface area contributed by atoms with Gasteiger partial charge in [-0.05, 0) is 49.7 Å². The summed E-state index contributed by atoms with van der Waals surface area (Å²) >= 11 is 0. The molecular formula is C19H20O6. The number of phenols is 2. The zero-order valence-electron chi connectivity index (χ0n) is 14.1. The highest BCUT2D eigenvalue weighted by molar-refractivity contribution is 6.03. The number of carbonyl (C=O) groups is 2. The van der Waals surface area contributed by atoms with Gasteiger partial charge in [-0.15, -0.1) is 0 Å². The molecule has 132 valence electrons. The van der Waals surface area contributed by atoms with Gasteiger partial charge in [-0.2, -0.15) is 0 Å². The van der Waals surface area contributed by atoms with Gasteiger partial charge in [0, 0.05) is 11.1 Å². The van der Waals surface area contributed by atoms with Gasteiger partial charge in [0.2, 0.25) is 0 Å². The molecule has 0 amide bonds. The second-order valence-electron chi connectivity index (χ2n) is 5.32. The number of hydrogen-bond donors (Lipinski definition) is 2. The van der Waals surface area contributed by atoms with E-state index in [-0.39, 0.29) is 47.0 Å². The third-order valence-corrected chi connectivity index (χ3v) is 3.45. The Kier molecular flexibility index (Phi) is 6.00. The summed E-state index contributed by atoms with van der Waals surface area (Å²) in [4.78, 5) is 24.5. The molecule has 0 atom stereocenters. The van der Waals surface area contributed by atoms with E-state index in [1.807, 2.05) is 6.92 Å². The summed E-state index contributed by atoms with van der Waals surface area (Å²) in [5.41, 5.74) is 0.912. The number of hydrogen-bond acceptors (Lipinski definition) is 6. The second kappa shape index (κ2) is 8.19. The van der Waals surface area contributed by atoms with Crippen molar-refractivity contribution >= 4 is 11.9 Å². The largest absolute Gasteiger partial charge is 0.508 e. The van der Waals surface area contributed by atoms with Crippen molar-refractivity contribution in [3.63, 3.8) is 0 Å². The van der Waals surface area contributed by atoms with Gasteiger partial charge in [0.25, 0.3) is 0 Å². The van der Waals surface area contributed by atoms with Gasteiger partial charge in [0.1, 0.15) is 11.5 Å². The average molecular weight is 344 g/mol. The Bertz CT molecular complexity index is 781. The van der Waals surface area contributed by atoms with Crippen molar-refractivity contribution in [2.45, 2.75) is 20.3 Å². The molecule has 0 spiro atoms. The lowest BCUT2D eigenvalue weighted by molar-refractivity contribution is 0.0500. The minimum Gasteiger partial charge on any atom is -0.508 e. The molecule has 0 saturated heterocycles. The van der Waals surface area contributed by atoms with Crippen LogP contribution in [0.3, 0.4) is 0 Å². The summed E-state index contributed by atoms with van der Waals surface area (Å²) in [7, 11) is 0. The highest BCUT2D eigenvalue weighted by Crippen LogP contribution is 2.33. The topological polar surface area (TPSA) is 93.1 Å². The Balaban J connectivity index is 2.61. The first kappa shape index (κ1) is 18.3. The Labute approximate surface area is 145 Å². The molecule has 2 aromatic carbocycles. The number of rotatable bonds is 6. The molecular weight excluding hydrogens is 324 g/mol. The van der Waals surface area contributed by atoms with Crippen LogP contribution in [0.5, 0.6) is 11.5 Å². The molecule has 2 rings (SSSR count). The molecule has 0 aliphatic carbocycles. The van der Waals surface area contributed by atoms with Crippen LogP contribution in [0.2, 0.25) is 0 Å². The van der Waals surface area contributed by atoms with Crippen molar-refractivity contribution in [1.29, 1.82) is 0 Å². The lowest BCUT2D eigenvalue weighted by Crippen LogP contribution is -2.10. The number of aromatic hydroxyl groups is 2. The number of phenolic OH excluding ortho intramolecular Hbond substituents is 2. The van der Waals surface area contributed by atoms with E-state index in [4.69, 9.17) is 9.47 Å². The lowest BCUT2D eigenvalue weighted by Gasteiger charge is -2.14. The minimum atomic E-state index is -0.589. The SMILES string of the molecule is CCCOC(=O)c1ccc(O)cc1-c1cc(O)ccc1C(=O)OCC. The summed E-state index contributed by atoms with van der Waals surface area (Å²) < 4.78 is 10.2. The number of benzene rings is 2. The smallest absolute Gasteiger partial charge is 0.338 e. The highest BCUT2D eigenvalue weighted by atomic mass is 16.5. The molecule has 0 saturated carbocycles. The molecule has 2 aromatic rings. The third-order valence-electron chi connectivity index (χ3n) is 3.45. The van der Waals surface area contributed by atoms with Gasteiger partial charge < -0.3 is 19.7 Å². The van der Waals surface area contributed by atoms with Gasteiger partial charge in [-0.3, -0.25) is 0 Å². The molecule has 2 N–H and O–H groups in total. The van der Waals surface area contributed by atoms with Gasteiger partial charge >= 0.3 is 11.9 Å². The molecule has 0 heterocycles. The molecule has 6 heteroatoms. The van der Waals surface area contributed by atoms with E-state index in [1.165, 1.54) is 36.4 Å². The van der Waals surface area contributed by atoms with Gasteiger partial charge in [-0.25, -0.2) is 9.59 Å². The van der Waals surface area contributed by atoms with Crippen molar-refractivity contribution < 1.29 is 29.3 Å². The molecule has 0 fully saturated rings. The van der Waals surface area contributed by atoms with E-state index < -0.39 is 11.9 Å². The molecule has 0 radical (unpaired) electrons. The maximum atomic E-state index is 12.3. The molecule has 0 aliphatic rings. The van der Waals surface area contributed by atoms with Crippen molar-refractivity contribution in [1.82, 2.24) is 0 Å². The Morgan fingerprint density at radius 3 is 1.76 bits per heavy atom. The summed E-state index contributed by atoms with van der Waals surface area (Å²) in [6, 6.07) is 8.24. The van der Waals surface area contributed by atoms with E-state index in [1.54, 1.807) is 6.92 Å². The fourth-order valence-corrected chi connectivity index (χ4v) is 2.35. The molecule has 6 nitrogen and oxygen atoms in total. The minimum absolute atomic E-state index is 0.0832. The maximum Gasteiger partial charge on any atom is 0.338 e. The van der Waals surface area contributed by atoms with E-state index in [0.717, 1.165) is 0 Å². The Hall–Kier alpha value is -3.02. The predicted molar refractivity (Wildman–Crippen MR) is 91.7 cm³/mol. The van der Waals surface area contributed by atoms with Crippen LogP contribution in [0.15, 0.2) is 36.4 Å². The van der Waals surface area contributed by atoms with Crippen LogP contribution in [-0.2, 0) is 9.47 Å². The zero-order chi connectivity index (χ0) is 18.4. The van der Waals surface area contributed by atoms with Crippen LogP contribution in [-0.4, -0.2) is 35.4 Å². The summed E-state index contributed by atoms with van der Waals surface area (Å²) in [5.74, 6) is -1.33. The fourth-order valence-electron chi connectivity index (χ4n) is 2.35. The van der Waals surface area contributed by atoms with E-state index in [0.29, 0.717) is 6.42 Å². The first-order valence-corrected chi connectivity index (χ1v) is 7.98. The molecule has 0 aliphatic heterocycles. The van der Waals surface area contributed by atoms with Gasteiger partial charge in [0.05, 0.1) is 24.3 Å². The first-order chi connectivity index (χ1) is 12.0. The standard InChI is InChI=1S/C19H20O6/c1-3-9-25-19(23)15-8-6-13(21)11-17(15)16-10-12(20)5-7-14(16)18(22)24-4-2/h5-8,10-11,20-21H,3-4,9H2,1-2H3. The van der Waals surface area contributed by atoms with E-state index in [9.17, 15) is 19.8 Å². The monoisotopic (exact) mass is 344 g/mol. The zero-order valence-corrected chi connectivity index (χ0v) is 14.1. The molecule has 0 unspecified atom stereocenters. The van der Waals surface area contributed by atoms with Crippen LogP contribution >= 0.6 is 0 Å². The Morgan fingerprint density at radius 2 is 1.32 bits per heavy atom. The maximum absolute atomic E-state index is 12.3. The number of ether oxygens (including phenoxy) is 2. The number of carbonyl (C=O) groups excluding carboxylic acids is 2. The van der Waals surface area contributed by atoms with Crippen molar-refractivity contribution in [2.75, 3.05) is 13.2 Å². The summed E-state index contributed by atoms with van der Waals surface area (Å²) in [6.45, 7) is 3.99. The normalized spacial score (nSPS) is 10.3. The van der Waals surface area contributed by atoms with E-state index in [2.05, 4.69) is 0 Å². The van der Waals surface area contributed by atoms with Crippen LogP contribution < -0.4 is 0 Å². The van der Waals surface area contributed by atoms with Gasteiger partial charge in [0.15, 0.2) is 0 Å². The predicted octanol–water partition coefficient (Wildman–Crippen LogP) is 3.51. The first-order valence-electron chi connectivity index (χ1n) is 7.98. The third kappa shape index (κ3) is 4.29. The number of esters is 2. The van der Waals surface area contributed by atoms with Crippen molar-refractivity contribution in [3.05, 3.63) is 47.5 Å². The Morgan fingerprint density at radius 1 is 0.840 bits per heavy atom. The van der Waals surface area contributed by atoms with Crippen LogP contribution in [0.25, 0.3) is 11.1 Å².